The molecule has 0 saturated heterocycles. The molecule has 4 N–H and O–H groups in total. The van der Waals surface area contributed by atoms with E-state index in [1.807, 2.05) is 0 Å². The van der Waals surface area contributed by atoms with Gasteiger partial charge in [0.25, 0.3) is 20.2 Å². The molecule has 0 spiro atoms. The molecule has 0 unspecified atom stereocenters. The first-order valence-corrected chi connectivity index (χ1v) is 7.76. The maximum atomic E-state index is 11.3. The average molecular weight is 343 g/mol. The molecule has 0 amide bonds. The standard InChI is InChI=1S/C10H9NO6S2.K.H/c11-9-8(18(12,13)14)5-6-3-1-2-4-7(6)10(9)19(15,16)17;;/h1-5H,11H2,(H,12,13,14)(H,15,16,17);;. The number of anilines is 1. The number of nitrogen functional groups attached to an aromatic ring is 1. The van der Waals surface area contributed by atoms with E-state index in [9.17, 15) is 21.4 Å². The molecule has 2 aromatic carbocycles. The van der Waals surface area contributed by atoms with Crippen molar-refractivity contribution in [1.82, 2.24) is 0 Å². The van der Waals surface area contributed by atoms with Crippen molar-refractivity contribution >= 4 is 88.1 Å². The van der Waals surface area contributed by atoms with Crippen molar-refractivity contribution in [1.29, 1.82) is 0 Å². The fourth-order valence-corrected chi connectivity index (χ4v) is 3.37. The molecule has 0 aliphatic carbocycles. The van der Waals surface area contributed by atoms with E-state index in [4.69, 9.17) is 10.3 Å². The summed E-state index contributed by atoms with van der Waals surface area (Å²) in [7, 11) is -9.45. The van der Waals surface area contributed by atoms with Gasteiger partial charge >= 0.3 is 51.4 Å². The van der Waals surface area contributed by atoms with E-state index in [-0.39, 0.29) is 62.2 Å². The van der Waals surface area contributed by atoms with Crippen molar-refractivity contribution in [2.75, 3.05) is 5.73 Å². The Morgan fingerprint density at radius 1 is 0.950 bits per heavy atom. The van der Waals surface area contributed by atoms with Crippen LogP contribution in [-0.4, -0.2) is 77.3 Å². The van der Waals surface area contributed by atoms with E-state index in [0.717, 1.165) is 6.07 Å². The molecule has 0 aliphatic heterocycles. The fraction of sp³-hybridized carbons (Fsp3) is 0. The molecule has 0 saturated carbocycles. The minimum absolute atomic E-state index is 0. The molecule has 0 aromatic heterocycles. The van der Waals surface area contributed by atoms with Crippen LogP contribution in [0.1, 0.15) is 0 Å². The van der Waals surface area contributed by atoms with Gasteiger partial charge in [-0.25, -0.2) is 0 Å². The molecule has 0 radical (unpaired) electrons. The fourth-order valence-electron chi connectivity index (χ4n) is 1.80. The van der Waals surface area contributed by atoms with Crippen LogP contribution >= 0.6 is 0 Å². The number of hydrogen-bond acceptors (Lipinski definition) is 5. The average Bonchev–Trinajstić information content (AvgIpc) is 2.24. The first-order valence-electron chi connectivity index (χ1n) is 4.88. The number of rotatable bonds is 2. The van der Waals surface area contributed by atoms with Crippen LogP contribution in [0, 0.1) is 0 Å². The Morgan fingerprint density at radius 3 is 2.00 bits per heavy atom. The van der Waals surface area contributed by atoms with Crippen molar-refractivity contribution in [2.45, 2.75) is 9.79 Å². The number of nitrogens with two attached hydrogens (primary N) is 1. The van der Waals surface area contributed by atoms with E-state index >= 15 is 0 Å². The minimum atomic E-state index is -4.74. The van der Waals surface area contributed by atoms with Crippen LogP contribution in [0.5, 0.6) is 0 Å². The van der Waals surface area contributed by atoms with Crippen molar-refractivity contribution in [3.8, 4) is 0 Å². The normalized spacial score (nSPS) is 12.1. The Bertz CT molecular complexity index is 876. The van der Waals surface area contributed by atoms with Gasteiger partial charge in [-0.05, 0) is 11.5 Å². The zero-order valence-corrected chi connectivity index (χ0v) is 10.9. The Hall–Kier alpha value is -0.0436. The van der Waals surface area contributed by atoms with E-state index in [2.05, 4.69) is 0 Å². The van der Waals surface area contributed by atoms with Gasteiger partial charge in [-0.2, -0.15) is 16.8 Å². The van der Waals surface area contributed by atoms with Gasteiger partial charge in [0.2, 0.25) is 0 Å². The summed E-state index contributed by atoms with van der Waals surface area (Å²) in [5, 5.41) is 0.270. The molecule has 104 valence electrons. The predicted octanol–water partition coefficient (Wildman–Crippen LogP) is 0.267. The molecule has 0 bridgehead atoms. The molecule has 0 heterocycles. The van der Waals surface area contributed by atoms with Gasteiger partial charge in [-0.15, -0.1) is 0 Å². The molecule has 7 nitrogen and oxygen atoms in total. The van der Waals surface area contributed by atoms with E-state index in [0.29, 0.717) is 0 Å². The van der Waals surface area contributed by atoms with Crippen LogP contribution in [0.2, 0.25) is 0 Å². The molecule has 0 fully saturated rings. The van der Waals surface area contributed by atoms with Crippen molar-refractivity contribution in [2.24, 2.45) is 0 Å². The second-order valence-electron chi connectivity index (χ2n) is 3.79. The van der Waals surface area contributed by atoms with Gasteiger partial charge in [0.05, 0.1) is 5.69 Å². The van der Waals surface area contributed by atoms with Gasteiger partial charge in [-0.3, -0.25) is 9.11 Å². The van der Waals surface area contributed by atoms with Gasteiger partial charge in [0.15, 0.2) is 0 Å². The third-order valence-electron chi connectivity index (χ3n) is 2.54. The predicted molar refractivity (Wildman–Crippen MR) is 75.1 cm³/mol. The summed E-state index contributed by atoms with van der Waals surface area (Å²) in [4.78, 5) is -1.50. The summed E-state index contributed by atoms with van der Waals surface area (Å²) in [5.41, 5.74) is 4.72. The number of hydrogen-bond donors (Lipinski definition) is 3. The first kappa shape index (κ1) is 18.0. The van der Waals surface area contributed by atoms with E-state index < -0.39 is 35.7 Å². The molecule has 0 atom stereocenters. The third kappa shape index (κ3) is 3.40. The van der Waals surface area contributed by atoms with Crippen LogP contribution in [0.3, 0.4) is 0 Å². The Labute approximate surface area is 158 Å². The molecule has 10 heteroatoms. The monoisotopic (exact) mass is 343 g/mol. The van der Waals surface area contributed by atoms with Gasteiger partial charge in [-0.1, -0.05) is 24.3 Å². The Kier molecular flexibility index (Phi) is 5.39. The topological polar surface area (TPSA) is 135 Å². The molecule has 2 rings (SSSR count). The first-order chi connectivity index (χ1) is 8.62. The van der Waals surface area contributed by atoms with Gasteiger partial charge < -0.3 is 5.73 Å². The van der Waals surface area contributed by atoms with Crippen molar-refractivity contribution in [3.05, 3.63) is 30.3 Å². The second-order valence-corrected chi connectivity index (χ2v) is 6.54. The molecular weight excluding hydrogens is 333 g/mol. The Balaban J connectivity index is 0.00000200. The summed E-state index contributed by atoms with van der Waals surface area (Å²) in [5.74, 6) is 0. The molecule has 0 aliphatic rings. The summed E-state index contributed by atoms with van der Waals surface area (Å²) >= 11 is 0. The number of fused-ring (bicyclic) bond motifs is 1. The second kappa shape index (κ2) is 5.99. The number of benzene rings is 2. The summed E-state index contributed by atoms with van der Waals surface area (Å²) in [6, 6.07) is 6.87. The van der Waals surface area contributed by atoms with Crippen LogP contribution in [0.15, 0.2) is 40.1 Å². The third-order valence-corrected chi connectivity index (χ3v) is 4.39. The van der Waals surface area contributed by atoms with Crippen LogP contribution in [0.4, 0.5) is 5.69 Å². The summed E-state index contributed by atoms with van der Waals surface area (Å²) < 4.78 is 63.3. The Morgan fingerprint density at radius 2 is 1.50 bits per heavy atom. The van der Waals surface area contributed by atoms with E-state index in [1.165, 1.54) is 18.2 Å². The zero-order chi connectivity index (χ0) is 14.4. The zero-order valence-electron chi connectivity index (χ0n) is 9.31. The van der Waals surface area contributed by atoms with Crippen LogP contribution < -0.4 is 5.73 Å². The molecule has 20 heavy (non-hydrogen) atoms. The van der Waals surface area contributed by atoms with Crippen LogP contribution in [-0.2, 0) is 20.2 Å². The van der Waals surface area contributed by atoms with E-state index in [1.54, 1.807) is 6.07 Å². The van der Waals surface area contributed by atoms with Crippen LogP contribution in [0.25, 0.3) is 10.8 Å². The summed E-state index contributed by atoms with van der Waals surface area (Å²) in [6.07, 6.45) is 0. The molecule has 2 aromatic rings. The van der Waals surface area contributed by atoms with Gasteiger partial charge in [0, 0.05) is 5.39 Å². The van der Waals surface area contributed by atoms with Crippen molar-refractivity contribution in [3.63, 3.8) is 0 Å². The summed E-state index contributed by atoms with van der Waals surface area (Å²) in [6.45, 7) is 0. The van der Waals surface area contributed by atoms with Gasteiger partial charge in [0.1, 0.15) is 9.79 Å². The quantitative estimate of drug-likeness (QED) is 0.404. The molecular formula is C10H10KNO6S2. The van der Waals surface area contributed by atoms with Crippen molar-refractivity contribution < 1.29 is 25.9 Å². The SMILES string of the molecule is Nc1c(S(=O)(=O)O)cc2ccccc2c1S(=O)(=O)O.[KH]. The maximum absolute atomic E-state index is 11.3.